The van der Waals surface area contributed by atoms with Crippen LogP contribution in [0.2, 0.25) is 0 Å². The van der Waals surface area contributed by atoms with Crippen molar-refractivity contribution < 1.29 is 9.25 Å². The summed E-state index contributed by atoms with van der Waals surface area (Å²) >= 11 is 0. The molecule has 0 aromatic carbocycles. The summed E-state index contributed by atoms with van der Waals surface area (Å²) in [6.07, 6.45) is 24.1. The van der Waals surface area contributed by atoms with Crippen LogP contribution in [-0.2, 0) is 4.84 Å². The van der Waals surface area contributed by atoms with Crippen LogP contribution in [0.1, 0.15) is 103 Å². The SMILES string of the molecule is CCCCCCCC/C=C\CCCCCCC/C(=N/OC)c1nc2ncccc2o1. The van der Waals surface area contributed by atoms with Crippen LogP contribution in [0.25, 0.3) is 11.2 Å². The number of unbranched alkanes of at least 4 members (excludes halogenated alkanes) is 11. The van der Waals surface area contributed by atoms with E-state index in [4.69, 9.17) is 9.25 Å². The topological polar surface area (TPSA) is 60.5 Å². The Balaban J connectivity index is 1.52. The van der Waals surface area contributed by atoms with Gasteiger partial charge in [-0.15, -0.1) is 0 Å². The predicted octanol–water partition coefficient (Wildman–Crippen LogP) is 7.61. The van der Waals surface area contributed by atoms with Crippen molar-refractivity contribution in [3.05, 3.63) is 36.4 Å². The monoisotopic (exact) mass is 413 g/mol. The Bertz CT molecular complexity index is 719. The number of allylic oxidation sites excluding steroid dienone is 2. The van der Waals surface area contributed by atoms with Gasteiger partial charge in [-0.2, -0.15) is 4.98 Å². The molecule has 30 heavy (non-hydrogen) atoms. The molecule has 0 spiro atoms. The summed E-state index contributed by atoms with van der Waals surface area (Å²) in [5.41, 5.74) is 2.05. The van der Waals surface area contributed by atoms with Crippen molar-refractivity contribution in [2.24, 2.45) is 5.16 Å². The zero-order valence-corrected chi connectivity index (χ0v) is 18.9. The fourth-order valence-electron chi connectivity index (χ4n) is 3.56. The first-order valence-corrected chi connectivity index (χ1v) is 11.8. The van der Waals surface area contributed by atoms with E-state index in [1.807, 2.05) is 12.1 Å². The average Bonchev–Trinajstić information content (AvgIpc) is 3.20. The van der Waals surface area contributed by atoms with Crippen molar-refractivity contribution in [1.29, 1.82) is 0 Å². The molecule has 0 atom stereocenters. The van der Waals surface area contributed by atoms with E-state index in [2.05, 4.69) is 34.2 Å². The zero-order valence-electron chi connectivity index (χ0n) is 18.9. The second-order valence-electron chi connectivity index (χ2n) is 7.90. The molecule has 0 amide bonds. The molecule has 0 aliphatic rings. The van der Waals surface area contributed by atoms with E-state index in [0.717, 1.165) is 18.6 Å². The highest BCUT2D eigenvalue weighted by Gasteiger charge is 2.13. The van der Waals surface area contributed by atoms with E-state index in [1.54, 1.807) is 13.3 Å². The molecule has 0 fully saturated rings. The molecule has 5 nitrogen and oxygen atoms in total. The highest BCUT2D eigenvalue weighted by atomic mass is 16.6. The van der Waals surface area contributed by atoms with Crippen molar-refractivity contribution in [3.63, 3.8) is 0 Å². The molecule has 0 bridgehead atoms. The summed E-state index contributed by atoms with van der Waals surface area (Å²) in [7, 11) is 1.56. The summed E-state index contributed by atoms with van der Waals surface area (Å²) in [5.74, 6) is 0.515. The lowest BCUT2D eigenvalue weighted by Gasteiger charge is -2.02. The summed E-state index contributed by atoms with van der Waals surface area (Å²) in [5, 5.41) is 4.12. The second kappa shape index (κ2) is 15.6. The van der Waals surface area contributed by atoms with Crippen molar-refractivity contribution in [1.82, 2.24) is 9.97 Å². The van der Waals surface area contributed by atoms with Gasteiger partial charge in [0, 0.05) is 6.20 Å². The summed E-state index contributed by atoms with van der Waals surface area (Å²) in [4.78, 5) is 13.6. The van der Waals surface area contributed by atoms with Gasteiger partial charge in [0.1, 0.15) is 12.8 Å². The van der Waals surface area contributed by atoms with E-state index in [-0.39, 0.29) is 0 Å². The Hall–Kier alpha value is -2.17. The van der Waals surface area contributed by atoms with Crippen molar-refractivity contribution in [2.75, 3.05) is 7.11 Å². The van der Waals surface area contributed by atoms with Crippen LogP contribution in [-0.4, -0.2) is 22.8 Å². The molecule has 2 aromatic rings. The Morgan fingerprint density at radius 1 is 0.967 bits per heavy atom. The van der Waals surface area contributed by atoms with Gasteiger partial charge < -0.3 is 9.25 Å². The number of hydrogen-bond acceptors (Lipinski definition) is 5. The fourth-order valence-corrected chi connectivity index (χ4v) is 3.56. The van der Waals surface area contributed by atoms with Crippen LogP contribution in [0.15, 0.2) is 40.1 Å². The lowest BCUT2D eigenvalue weighted by atomic mass is 10.1. The van der Waals surface area contributed by atoms with Crippen molar-refractivity contribution >= 4 is 16.9 Å². The molecule has 2 aromatic heterocycles. The molecule has 5 heteroatoms. The molecule has 2 heterocycles. The molecule has 0 aliphatic heterocycles. The summed E-state index contributed by atoms with van der Waals surface area (Å²) in [6, 6.07) is 3.71. The van der Waals surface area contributed by atoms with Crippen LogP contribution < -0.4 is 0 Å². The van der Waals surface area contributed by atoms with Gasteiger partial charge in [-0.3, -0.25) is 0 Å². The van der Waals surface area contributed by atoms with E-state index in [0.29, 0.717) is 17.1 Å². The summed E-state index contributed by atoms with van der Waals surface area (Å²) < 4.78 is 5.77. The van der Waals surface area contributed by atoms with Crippen molar-refractivity contribution in [3.8, 4) is 0 Å². The third kappa shape index (κ3) is 9.55. The van der Waals surface area contributed by atoms with Gasteiger partial charge in [-0.25, -0.2) is 4.98 Å². The molecule has 166 valence electrons. The Morgan fingerprint density at radius 3 is 2.30 bits per heavy atom. The van der Waals surface area contributed by atoms with Crippen LogP contribution in [0.4, 0.5) is 0 Å². The maximum atomic E-state index is 5.77. The number of aromatic nitrogens is 2. The molecule has 0 saturated heterocycles. The molecule has 0 unspecified atom stereocenters. The minimum Gasteiger partial charge on any atom is -0.433 e. The zero-order chi connectivity index (χ0) is 21.3. The molecule has 2 rings (SSSR count). The van der Waals surface area contributed by atoms with Crippen LogP contribution in [0, 0.1) is 0 Å². The van der Waals surface area contributed by atoms with Gasteiger partial charge in [0.25, 0.3) is 0 Å². The number of pyridine rings is 1. The standard InChI is InChI=1S/C25H39N3O2/c1-3-4-5-6-7-8-9-10-11-12-13-14-15-16-17-19-22(28-29-2)25-27-24-23(30-25)20-18-21-26-24/h10-11,18,20-21H,3-9,12-17,19H2,1-2H3/b11-10-,28-22-. The Labute approximate surface area is 182 Å². The van der Waals surface area contributed by atoms with Gasteiger partial charge in [0.05, 0.1) is 0 Å². The quantitative estimate of drug-likeness (QED) is 0.116. The van der Waals surface area contributed by atoms with Crippen molar-refractivity contribution in [2.45, 2.75) is 96.8 Å². The average molecular weight is 414 g/mol. The first kappa shape index (κ1) is 24.1. The number of hydrogen-bond donors (Lipinski definition) is 0. The lowest BCUT2D eigenvalue weighted by Crippen LogP contribution is -2.02. The van der Waals surface area contributed by atoms with Gasteiger partial charge in [-0.05, 0) is 50.7 Å². The second-order valence-corrected chi connectivity index (χ2v) is 7.90. The number of fused-ring (bicyclic) bond motifs is 1. The third-order valence-corrected chi connectivity index (χ3v) is 5.29. The Kier molecular flexibility index (Phi) is 12.6. The highest BCUT2D eigenvalue weighted by Crippen LogP contribution is 2.17. The fraction of sp³-hybridized carbons (Fsp3) is 0.640. The molecule has 0 aliphatic carbocycles. The van der Waals surface area contributed by atoms with Gasteiger partial charge in [0.15, 0.2) is 11.2 Å². The largest absolute Gasteiger partial charge is 0.433 e. The summed E-state index contributed by atoms with van der Waals surface area (Å²) in [6.45, 7) is 2.27. The highest BCUT2D eigenvalue weighted by molar-refractivity contribution is 5.97. The minimum atomic E-state index is 0.515. The maximum Gasteiger partial charge on any atom is 0.246 e. The van der Waals surface area contributed by atoms with Gasteiger partial charge >= 0.3 is 0 Å². The molecule has 0 N–H and O–H groups in total. The Morgan fingerprint density at radius 2 is 1.63 bits per heavy atom. The molecule has 0 radical (unpaired) electrons. The molecular weight excluding hydrogens is 374 g/mol. The first-order valence-electron chi connectivity index (χ1n) is 11.8. The van der Waals surface area contributed by atoms with E-state index in [1.165, 1.54) is 77.0 Å². The van der Waals surface area contributed by atoms with Gasteiger partial charge in [0.2, 0.25) is 5.89 Å². The number of nitrogens with zero attached hydrogens (tertiary/aromatic N) is 3. The number of oxazole rings is 1. The van der Waals surface area contributed by atoms with E-state index < -0.39 is 0 Å². The molecular formula is C25H39N3O2. The van der Waals surface area contributed by atoms with E-state index >= 15 is 0 Å². The van der Waals surface area contributed by atoms with Crippen LogP contribution in [0.5, 0.6) is 0 Å². The molecule has 0 saturated carbocycles. The number of rotatable bonds is 17. The number of oxime groups is 1. The first-order chi connectivity index (χ1) is 14.8. The van der Waals surface area contributed by atoms with Crippen LogP contribution in [0.3, 0.4) is 0 Å². The third-order valence-electron chi connectivity index (χ3n) is 5.29. The normalized spacial score (nSPS) is 12.3. The van der Waals surface area contributed by atoms with Crippen LogP contribution >= 0.6 is 0 Å². The lowest BCUT2D eigenvalue weighted by molar-refractivity contribution is 0.212. The maximum absolute atomic E-state index is 5.77. The van der Waals surface area contributed by atoms with Gasteiger partial charge in [-0.1, -0.05) is 75.6 Å². The smallest absolute Gasteiger partial charge is 0.246 e. The van der Waals surface area contributed by atoms with E-state index in [9.17, 15) is 0 Å². The minimum absolute atomic E-state index is 0.515. The predicted molar refractivity (Wildman–Crippen MR) is 125 cm³/mol.